The number of halogens is 2. The molecule has 104 valence electrons. The second kappa shape index (κ2) is 5.88. The second-order valence-corrected chi connectivity index (χ2v) is 5.24. The largest absolute Gasteiger partial charge is 0.507 e. The Morgan fingerprint density at radius 3 is 3.00 bits per heavy atom. The van der Waals surface area contributed by atoms with E-state index >= 15 is 0 Å². The molecule has 0 aliphatic carbocycles. The first-order valence-corrected chi connectivity index (χ1v) is 7.12. The van der Waals surface area contributed by atoms with E-state index in [1.54, 1.807) is 4.90 Å². The number of carbonyl (C=O) groups excluding carboxylic acids is 1. The number of morpholine rings is 1. The first kappa shape index (κ1) is 14.3. The van der Waals surface area contributed by atoms with Crippen molar-refractivity contribution in [3.05, 3.63) is 29.6 Å². The fourth-order valence-electron chi connectivity index (χ4n) is 2.15. The number of aromatic hydroxyl groups is 1. The number of phenolic OH excluding ortho intramolecular Hbond substituents is 1. The van der Waals surface area contributed by atoms with Crippen molar-refractivity contribution in [2.24, 2.45) is 0 Å². The van der Waals surface area contributed by atoms with Gasteiger partial charge in [-0.2, -0.15) is 0 Å². The standard InChI is InChI=1S/C13H15BrFNO3/c1-8-6-16(7-10(5-14)19-8)13(18)11-4-9(15)2-3-12(11)17/h2-4,8,10,17H,5-7H2,1H3. The van der Waals surface area contributed by atoms with Crippen molar-refractivity contribution in [3.8, 4) is 5.75 Å². The van der Waals surface area contributed by atoms with Crippen LogP contribution in [0, 0.1) is 5.82 Å². The molecule has 0 radical (unpaired) electrons. The van der Waals surface area contributed by atoms with Crippen molar-refractivity contribution in [1.82, 2.24) is 4.90 Å². The minimum atomic E-state index is -0.542. The lowest BCUT2D eigenvalue weighted by atomic mass is 10.1. The number of phenols is 1. The number of ether oxygens (including phenoxy) is 1. The SMILES string of the molecule is CC1CN(C(=O)c2cc(F)ccc2O)CC(CBr)O1. The second-order valence-electron chi connectivity index (χ2n) is 4.59. The number of hydrogen-bond acceptors (Lipinski definition) is 3. The van der Waals surface area contributed by atoms with E-state index in [1.165, 1.54) is 6.07 Å². The molecule has 1 heterocycles. The molecule has 1 amide bonds. The summed E-state index contributed by atoms with van der Waals surface area (Å²) in [5.74, 6) is -1.13. The van der Waals surface area contributed by atoms with Gasteiger partial charge in [-0.05, 0) is 25.1 Å². The lowest BCUT2D eigenvalue weighted by Crippen LogP contribution is -2.49. The van der Waals surface area contributed by atoms with Gasteiger partial charge in [-0.15, -0.1) is 0 Å². The average molecular weight is 332 g/mol. The highest BCUT2D eigenvalue weighted by molar-refractivity contribution is 9.09. The van der Waals surface area contributed by atoms with Crippen LogP contribution in [0.3, 0.4) is 0 Å². The van der Waals surface area contributed by atoms with Gasteiger partial charge in [0.25, 0.3) is 5.91 Å². The zero-order chi connectivity index (χ0) is 14.0. The molecule has 2 unspecified atom stereocenters. The van der Waals surface area contributed by atoms with E-state index in [4.69, 9.17) is 4.74 Å². The van der Waals surface area contributed by atoms with Crippen molar-refractivity contribution in [2.75, 3.05) is 18.4 Å². The van der Waals surface area contributed by atoms with Crippen molar-refractivity contribution < 1.29 is 19.0 Å². The topological polar surface area (TPSA) is 49.8 Å². The highest BCUT2D eigenvalue weighted by atomic mass is 79.9. The van der Waals surface area contributed by atoms with Crippen LogP contribution in [0.4, 0.5) is 4.39 Å². The minimum Gasteiger partial charge on any atom is -0.507 e. The molecule has 1 aliphatic rings. The number of rotatable bonds is 2. The predicted molar refractivity (Wildman–Crippen MR) is 72.1 cm³/mol. The molecule has 1 aliphatic heterocycles. The van der Waals surface area contributed by atoms with Crippen molar-refractivity contribution >= 4 is 21.8 Å². The number of amides is 1. The molecule has 0 aromatic heterocycles. The van der Waals surface area contributed by atoms with Crippen LogP contribution in [0.25, 0.3) is 0 Å². The van der Waals surface area contributed by atoms with Crippen molar-refractivity contribution in [1.29, 1.82) is 0 Å². The number of hydrogen-bond donors (Lipinski definition) is 1. The Kier molecular flexibility index (Phi) is 4.42. The Bertz CT molecular complexity index is 483. The summed E-state index contributed by atoms with van der Waals surface area (Å²) in [4.78, 5) is 13.9. The van der Waals surface area contributed by atoms with Gasteiger partial charge in [-0.25, -0.2) is 4.39 Å². The Morgan fingerprint density at radius 1 is 1.58 bits per heavy atom. The summed E-state index contributed by atoms with van der Waals surface area (Å²) in [6.07, 6.45) is -0.181. The van der Waals surface area contributed by atoms with Crippen molar-refractivity contribution in [3.63, 3.8) is 0 Å². The first-order valence-electron chi connectivity index (χ1n) is 6.00. The van der Waals surface area contributed by atoms with E-state index in [-0.39, 0.29) is 29.4 Å². The van der Waals surface area contributed by atoms with Crippen LogP contribution in [0.2, 0.25) is 0 Å². The Labute approximate surface area is 119 Å². The molecule has 1 saturated heterocycles. The summed E-state index contributed by atoms with van der Waals surface area (Å²) in [5.41, 5.74) is -0.0116. The molecular weight excluding hydrogens is 317 g/mol. The van der Waals surface area contributed by atoms with Crippen LogP contribution < -0.4 is 0 Å². The maximum atomic E-state index is 13.2. The Balaban J connectivity index is 2.21. The van der Waals surface area contributed by atoms with Gasteiger partial charge in [0.1, 0.15) is 11.6 Å². The van der Waals surface area contributed by atoms with E-state index in [9.17, 15) is 14.3 Å². The average Bonchev–Trinajstić information content (AvgIpc) is 2.40. The number of alkyl halides is 1. The fourth-order valence-corrected chi connectivity index (χ4v) is 2.50. The number of carbonyl (C=O) groups is 1. The van der Waals surface area contributed by atoms with Crippen LogP contribution in [-0.4, -0.2) is 46.5 Å². The summed E-state index contributed by atoms with van der Waals surface area (Å²) in [5, 5.41) is 10.3. The third-order valence-electron chi connectivity index (χ3n) is 2.97. The molecule has 19 heavy (non-hydrogen) atoms. The summed E-state index contributed by atoms with van der Waals surface area (Å²) in [7, 11) is 0. The third kappa shape index (κ3) is 3.25. The quantitative estimate of drug-likeness (QED) is 0.845. The third-order valence-corrected chi connectivity index (χ3v) is 3.70. The highest BCUT2D eigenvalue weighted by Gasteiger charge is 2.29. The van der Waals surface area contributed by atoms with E-state index in [0.717, 1.165) is 12.1 Å². The molecule has 1 aromatic carbocycles. The van der Waals surface area contributed by atoms with Gasteiger partial charge < -0.3 is 14.7 Å². The van der Waals surface area contributed by atoms with Gasteiger partial charge in [-0.3, -0.25) is 4.79 Å². The molecule has 2 atom stereocenters. The van der Waals surface area contributed by atoms with Gasteiger partial charge in [0.2, 0.25) is 0 Å². The maximum Gasteiger partial charge on any atom is 0.257 e. The number of benzene rings is 1. The zero-order valence-corrected chi connectivity index (χ0v) is 12.1. The van der Waals surface area contributed by atoms with E-state index in [2.05, 4.69) is 15.9 Å². The van der Waals surface area contributed by atoms with E-state index in [0.29, 0.717) is 18.4 Å². The van der Waals surface area contributed by atoms with Gasteiger partial charge >= 0.3 is 0 Å². The molecule has 0 bridgehead atoms. The first-order chi connectivity index (χ1) is 9.01. The molecular formula is C13H15BrFNO3. The van der Waals surface area contributed by atoms with Crippen LogP contribution in [0.1, 0.15) is 17.3 Å². The molecule has 0 saturated carbocycles. The lowest BCUT2D eigenvalue weighted by molar-refractivity contribution is -0.0560. The molecule has 4 nitrogen and oxygen atoms in total. The molecule has 6 heteroatoms. The minimum absolute atomic E-state index is 0.0116. The monoisotopic (exact) mass is 331 g/mol. The van der Waals surface area contributed by atoms with Crippen LogP contribution in [-0.2, 0) is 4.74 Å². The maximum absolute atomic E-state index is 13.2. The van der Waals surface area contributed by atoms with E-state index < -0.39 is 5.82 Å². The molecule has 0 spiro atoms. The normalized spacial score (nSPS) is 23.4. The molecule has 1 N–H and O–H groups in total. The van der Waals surface area contributed by atoms with Gasteiger partial charge in [-0.1, -0.05) is 15.9 Å². The van der Waals surface area contributed by atoms with Gasteiger partial charge in [0.05, 0.1) is 17.8 Å². The Hall–Kier alpha value is -1.14. The predicted octanol–water partition coefficient (Wildman–Crippen LogP) is 2.16. The smallest absolute Gasteiger partial charge is 0.257 e. The van der Waals surface area contributed by atoms with Gasteiger partial charge in [0.15, 0.2) is 0 Å². The summed E-state index contributed by atoms with van der Waals surface area (Å²) < 4.78 is 18.8. The summed E-state index contributed by atoms with van der Waals surface area (Å²) >= 11 is 3.33. The lowest BCUT2D eigenvalue weighted by Gasteiger charge is -2.36. The van der Waals surface area contributed by atoms with E-state index in [1.807, 2.05) is 6.92 Å². The van der Waals surface area contributed by atoms with Crippen molar-refractivity contribution in [2.45, 2.75) is 19.1 Å². The van der Waals surface area contributed by atoms with Crippen LogP contribution in [0.5, 0.6) is 5.75 Å². The summed E-state index contributed by atoms with van der Waals surface area (Å²) in [6, 6.07) is 3.37. The highest BCUT2D eigenvalue weighted by Crippen LogP contribution is 2.22. The molecule has 1 aromatic rings. The Morgan fingerprint density at radius 2 is 2.32 bits per heavy atom. The summed E-state index contributed by atoms with van der Waals surface area (Å²) in [6.45, 7) is 2.73. The van der Waals surface area contributed by atoms with Crippen LogP contribution >= 0.6 is 15.9 Å². The number of nitrogens with zero attached hydrogens (tertiary/aromatic N) is 1. The molecule has 1 fully saturated rings. The van der Waals surface area contributed by atoms with Crippen LogP contribution in [0.15, 0.2) is 18.2 Å². The zero-order valence-electron chi connectivity index (χ0n) is 10.5. The molecule has 2 rings (SSSR count). The van der Waals surface area contributed by atoms with Gasteiger partial charge in [0, 0.05) is 18.4 Å². The fraction of sp³-hybridized carbons (Fsp3) is 0.462.